The Bertz CT molecular complexity index is 1160. The van der Waals surface area contributed by atoms with Crippen molar-refractivity contribution in [1.29, 1.82) is 0 Å². The molecule has 2 aromatic carbocycles. The third-order valence-electron chi connectivity index (χ3n) is 4.90. The number of aromatic nitrogens is 1. The molecule has 1 heterocycles. The van der Waals surface area contributed by atoms with Gasteiger partial charge in [0.1, 0.15) is 11.7 Å². The van der Waals surface area contributed by atoms with Crippen LogP contribution in [0.4, 0.5) is 16.2 Å². The topological polar surface area (TPSA) is 125 Å². The first-order valence-corrected chi connectivity index (χ1v) is 10.4. The van der Waals surface area contributed by atoms with Gasteiger partial charge in [-0.15, -0.1) is 0 Å². The molecule has 0 aliphatic carbocycles. The molecule has 0 unspecified atom stereocenters. The molecule has 1 atom stereocenters. The summed E-state index contributed by atoms with van der Waals surface area (Å²) in [6.07, 6.45) is 0. The highest BCUT2D eigenvalue weighted by Gasteiger charge is 2.31. The summed E-state index contributed by atoms with van der Waals surface area (Å²) in [6.45, 7) is 3.44. The molecule has 0 aliphatic heterocycles. The van der Waals surface area contributed by atoms with E-state index in [9.17, 15) is 19.5 Å². The van der Waals surface area contributed by atoms with Gasteiger partial charge in [0, 0.05) is 24.4 Å². The van der Waals surface area contributed by atoms with Crippen LogP contribution in [0.15, 0.2) is 59.1 Å². The summed E-state index contributed by atoms with van der Waals surface area (Å²) >= 11 is 6.04. The van der Waals surface area contributed by atoms with Gasteiger partial charge in [-0.1, -0.05) is 54.9 Å². The zero-order valence-electron chi connectivity index (χ0n) is 18.2. The van der Waals surface area contributed by atoms with Crippen LogP contribution in [0.3, 0.4) is 0 Å². The van der Waals surface area contributed by atoms with Crippen LogP contribution in [-0.4, -0.2) is 46.2 Å². The molecule has 9 nitrogen and oxygen atoms in total. The number of aliphatic carboxylic acids is 1. The van der Waals surface area contributed by atoms with Crippen molar-refractivity contribution in [2.24, 2.45) is 5.92 Å². The number of hydrogen-bond acceptors (Lipinski definition) is 5. The van der Waals surface area contributed by atoms with Crippen molar-refractivity contribution in [1.82, 2.24) is 10.1 Å². The van der Waals surface area contributed by atoms with E-state index in [4.69, 9.17) is 16.1 Å². The molecule has 0 spiro atoms. The first kappa shape index (κ1) is 23.8. The fraction of sp³-hybridized carbons (Fsp3) is 0.217. The number of hydrogen-bond donors (Lipinski definition) is 3. The lowest BCUT2D eigenvalue weighted by Gasteiger charge is -2.26. The molecule has 0 aliphatic rings. The Balaban J connectivity index is 1.67. The van der Waals surface area contributed by atoms with Crippen molar-refractivity contribution in [3.8, 4) is 11.3 Å². The van der Waals surface area contributed by atoms with Gasteiger partial charge in [-0.25, -0.2) is 9.59 Å². The van der Waals surface area contributed by atoms with E-state index >= 15 is 0 Å². The zero-order chi connectivity index (χ0) is 24.1. The Hall–Kier alpha value is -3.85. The van der Waals surface area contributed by atoms with Crippen LogP contribution >= 0.6 is 11.6 Å². The summed E-state index contributed by atoms with van der Waals surface area (Å²) in [7, 11) is 1.41. The van der Waals surface area contributed by atoms with Gasteiger partial charge in [-0.05, 0) is 30.2 Å². The molecular formula is C23H23ClN4O5. The van der Waals surface area contributed by atoms with E-state index in [1.807, 2.05) is 0 Å². The van der Waals surface area contributed by atoms with Crippen molar-refractivity contribution < 1.29 is 24.0 Å². The minimum Gasteiger partial charge on any atom is -0.480 e. The molecule has 0 bridgehead atoms. The molecule has 0 saturated carbocycles. The molecule has 1 aromatic heterocycles. The highest BCUT2D eigenvalue weighted by molar-refractivity contribution is 6.33. The standard InChI is InChI=1S/C23H23ClN4O5/c1-13(2)20(22(30)31)28(3)21(29)19-12-18(27-33-19)14-8-10-15(11-9-14)25-23(32)26-17-7-5-4-6-16(17)24/h4-13,20H,1-3H3,(H,30,31)(H2,25,26,32)/t20-/m0/s1. The lowest BCUT2D eigenvalue weighted by Crippen LogP contribution is -2.45. The molecular weight excluding hydrogens is 448 g/mol. The predicted molar refractivity (Wildman–Crippen MR) is 124 cm³/mol. The van der Waals surface area contributed by atoms with Crippen molar-refractivity contribution in [3.63, 3.8) is 0 Å². The first-order chi connectivity index (χ1) is 15.7. The number of amides is 3. The van der Waals surface area contributed by atoms with Crippen molar-refractivity contribution in [2.75, 3.05) is 17.7 Å². The quantitative estimate of drug-likeness (QED) is 0.454. The van der Waals surface area contributed by atoms with Crippen LogP contribution < -0.4 is 10.6 Å². The van der Waals surface area contributed by atoms with E-state index in [-0.39, 0.29) is 11.7 Å². The number of carboxylic acid groups (broad SMARTS) is 1. The van der Waals surface area contributed by atoms with Gasteiger partial charge in [-0.3, -0.25) is 4.79 Å². The molecule has 3 N–H and O–H groups in total. The van der Waals surface area contributed by atoms with Gasteiger partial charge in [0.2, 0.25) is 5.76 Å². The predicted octanol–water partition coefficient (Wildman–Crippen LogP) is 4.82. The Morgan fingerprint density at radius 3 is 2.33 bits per heavy atom. The van der Waals surface area contributed by atoms with Gasteiger partial charge < -0.3 is 25.2 Å². The first-order valence-electron chi connectivity index (χ1n) is 10.1. The van der Waals surface area contributed by atoms with Crippen LogP contribution in [0.5, 0.6) is 0 Å². The van der Waals surface area contributed by atoms with Crippen molar-refractivity contribution in [2.45, 2.75) is 19.9 Å². The van der Waals surface area contributed by atoms with Crippen LogP contribution in [-0.2, 0) is 4.79 Å². The van der Waals surface area contributed by atoms with Crippen LogP contribution in [0.1, 0.15) is 24.4 Å². The average Bonchev–Trinajstić information content (AvgIpc) is 3.25. The molecule has 3 amide bonds. The van der Waals surface area contributed by atoms with Crippen molar-refractivity contribution in [3.05, 3.63) is 65.4 Å². The number of likely N-dealkylation sites (N-methyl/N-ethyl adjacent to an activating group) is 1. The number of benzene rings is 2. The molecule has 3 rings (SSSR count). The normalized spacial score (nSPS) is 11.7. The van der Waals surface area contributed by atoms with E-state index in [0.717, 1.165) is 4.90 Å². The van der Waals surface area contributed by atoms with E-state index in [1.54, 1.807) is 62.4 Å². The van der Waals surface area contributed by atoms with Crippen LogP contribution in [0, 0.1) is 5.92 Å². The fourth-order valence-corrected chi connectivity index (χ4v) is 3.46. The molecule has 0 saturated heterocycles. The number of carbonyl (C=O) groups excluding carboxylic acids is 2. The fourth-order valence-electron chi connectivity index (χ4n) is 3.28. The van der Waals surface area contributed by atoms with E-state index in [0.29, 0.717) is 27.7 Å². The number of para-hydroxylation sites is 1. The van der Waals surface area contributed by atoms with Gasteiger partial charge in [0.15, 0.2) is 0 Å². The third kappa shape index (κ3) is 5.69. The highest BCUT2D eigenvalue weighted by Crippen LogP contribution is 2.24. The Morgan fingerprint density at radius 2 is 1.73 bits per heavy atom. The Labute approximate surface area is 195 Å². The monoisotopic (exact) mass is 470 g/mol. The van der Waals surface area contributed by atoms with E-state index in [1.165, 1.54) is 13.1 Å². The number of carbonyl (C=O) groups is 3. The Morgan fingerprint density at radius 1 is 1.06 bits per heavy atom. The number of nitrogens with one attached hydrogen (secondary N) is 2. The maximum Gasteiger partial charge on any atom is 0.326 e. The minimum atomic E-state index is -1.10. The molecule has 0 fully saturated rings. The maximum absolute atomic E-state index is 12.7. The number of anilines is 2. The molecule has 0 radical (unpaired) electrons. The lowest BCUT2D eigenvalue weighted by atomic mass is 10.0. The maximum atomic E-state index is 12.7. The number of halogens is 1. The number of rotatable bonds is 7. The average molecular weight is 471 g/mol. The molecule has 33 heavy (non-hydrogen) atoms. The number of urea groups is 1. The highest BCUT2D eigenvalue weighted by atomic mass is 35.5. The molecule has 172 valence electrons. The number of carboxylic acids is 1. The minimum absolute atomic E-state index is 0.0688. The SMILES string of the molecule is CC(C)[C@@H](C(=O)O)N(C)C(=O)c1cc(-c2ccc(NC(=O)Nc3ccccc3Cl)cc2)no1. The van der Waals surface area contributed by atoms with E-state index in [2.05, 4.69) is 15.8 Å². The Kier molecular flexibility index (Phi) is 7.34. The van der Waals surface area contributed by atoms with Gasteiger partial charge in [0.05, 0.1) is 10.7 Å². The molecule has 10 heteroatoms. The summed E-state index contributed by atoms with van der Waals surface area (Å²) < 4.78 is 5.16. The second-order valence-electron chi connectivity index (χ2n) is 7.66. The van der Waals surface area contributed by atoms with E-state index < -0.39 is 23.9 Å². The summed E-state index contributed by atoms with van der Waals surface area (Å²) in [5.74, 6) is -2.03. The summed E-state index contributed by atoms with van der Waals surface area (Å²) in [6, 6.07) is 13.6. The third-order valence-corrected chi connectivity index (χ3v) is 5.23. The summed E-state index contributed by atoms with van der Waals surface area (Å²) in [5.41, 5.74) is 2.07. The van der Waals surface area contributed by atoms with Gasteiger partial charge >= 0.3 is 12.0 Å². The van der Waals surface area contributed by atoms with Gasteiger partial charge in [0.25, 0.3) is 5.91 Å². The summed E-state index contributed by atoms with van der Waals surface area (Å²) in [5, 5.41) is 19.1. The second-order valence-corrected chi connectivity index (χ2v) is 8.06. The van der Waals surface area contributed by atoms with Gasteiger partial charge in [-0.2, -0.15) is 0 Å². The largest absolute Gasteiger partial charge is 0.480 e. The smallest absolute Gasteiger partial charge is 0.326 e. The lowest BCUT2D eigenvalue weighted by molar-refractivity contribution is -0.143. The zero-order valence-corrected chi connectivity index (χ0v) is 19.0. The second kappa shape index (κ2) is 10.2. The van der Waals surface area contributed by atoms with Crippen LogP contribution in [0.25, 0.3) is 11.3 Å². The number of nitrogens with zero attached hydrogens (tertiary/aromatic N) is 2. The molecule has 3 aromatic rings. The van der Waals surface area contributed by atoms with Crippen molar-refractivity contribution >= 4 is 40.9 Å². The summed E-state index contributed by atoms with van der Waals surface area (Å²) in [4.78, 5) is 37.5. The van der Waals surface area contributed by atoms with Crippen LogP contribution in [0.2, 0.25) is 5.02 Å².